The molecule has 0 aromatic rings. The summed E-state index contributed by atoms with van der Waals surface area (Å²) in [5.74, 6) is 0.830. The van der Waals surface area contributed by atoms with Gasteiger partial charge in [-0.2, -0.15) is 0 Å². The van der Waals surface area contributed by atoms with E-state index in [2.05, 4.69) is 13.8 Å². The van der Waals surface area contributed by atoms with Crippen LogP contribution in [0.5, 0.6) is 0 Å². The Morgan fingerprint density at radius 1 is 1.43 bits per heavy atom. The Labute approximate surface area is 87.0 Å². The van der Waals surface area contributed by atoms with E-state index in [1.165, 1.54) is 0 Å². The van der Waals surface area contributed by atoms with E-state index in [4.69, 9.17) is 5.11 Å². The fourth-order valence-electron chi connectivity index (χ4n) is 1.56. The fourth-order valence-corrected chi connectivity index (χ4v) is 1.56. The SMILES string of the molecule is CC[C@@H](/C=C\O)[C@H](C)CCN([O-])CC. The number of nitrogens with zero attached hydrogens (tertiary/aromatic N) is 1. The first-order chi connectivity index (χ1) is 6.65. The number of aliphatic hydroxyl groups excluding tert-OH is 1. The van der Waals surface area contributed by atoms with E-state index in [1.807, 2.05) is 13.0 Å². The van der Waals surface area contributed by atoms with Crippen LogP contribution in [0.3, 0.4) is 0 Å². The largest absolute Gasteiger partial charge is 0.785 e. The Hall–Kier alpha value is -0.540. The van der Waals surface area contributed by atoms with Crippen molar-refractivity contribution in [3.63, 3.8) is 0 Å². The summed E-state index contributed by atoms with van der Waals surface area (Å²) in [6.07, 6.45) is 4.81. The summed E-state index contributed by atoms with van der Waals surface area (Å²) < 4.78 is 0. The van der Waals surface area contributed by atoms with Crippen molar-refractivity contribution >= 4 is 0 Å². The lowest BCUT2D eigenvalue weighted by molar-refractivity contribution is 0.311. The number of hydrogen-bond acceptors (Lipinski definition) is 3. The van der Waals surface area contributed by atoms with Gasteiger partial charge in [0.2, 0.25) is 0 Å². The quantitative estimate of drug-likeness (QED) is 0.507. The summed E-state index contributed by atoms with van der Waals surface area (Å²) >= 11 is 0. The molecule has 0 aliphatic carbocycles. The molecule has 14 heavy (non-hydrogen) atoms. The molecule has 0 spiro atoms. The second kappa shape index (κ2) is 7.83. The third-order valence-corrected chi connectivity index (χ3v) is 2.72. The minimum atomic E-state index is 0.380. The Balaban J connectivity index is 3.85. The Morgan fingerprint density at radius 3 is 2.50 bits per heavy atom. The molecule has 0 saturated carbocycles. The molecule has 2 atom stereocenters. The molecule has 0 unspecified atom stereocenters. The molecule has 0 fully saturated rings. The highest BCUT2D eigenvalue weighted by atomic mass is 16.5. The zero-order valence-electron chi connectivity index (χ0n) is 9.44. The standard InChI is InChI=1S/C11H22NO2/c1-4-11(7-9-13)10(3)6-8-12(14)5-2/h7,9-11,13H,4-6,8H2,1-3H3/q-1/b9-7-/t10-,11+/m1/s1. The zero-order chi connectivity index (χ0) is 11.0. The maximum atomic E-state index is 11.0. The maximum absolute atomic E-state index is 11.0. The molecule has 0 aliphatic heterocycles. The van der Waals surface area contributed by atoms with Crippen molar-refractivity contribution in [1.82, 2.24) is 5.06 Å². The van der Waals surface area contributed by atoms with E-state index in [-0.39, 0.29) is 0 Å². The van der Waals surface area contributed by atoms with Gasteiger partial charge in [0.15, 0.2) is 0 Å². The highest BCUT2D eigenvalue weighted by molar-refractivity contribution is 4.85. The number of hydroxylamine groups is 2. The minimum absolute atomic E-state index is 0.380. The Morgan fingerprint density at radius 2 is 2.07 bits per heavy atom. The fraction of sp³-hybridized carbons (Fsp3) is 0.818. The van der Waals surface area contributed by atoms with E-state index >= 15 is 0 Å². The molecule has 0 radical (unpaired) electrons. The van der Waals surface area contributed by atoms with Gasteiger partial charge < -0.3 is 15.4 Å². The van der Waals surface area contributed by atoms with Crippen molar-refractivity contribution in [2.75, 3.05) is 13.1 Å². The molecular weight excluding hydrogens is 178 g/mol. The van der Waals surface area contributed by atoms with Crippen LogP contribution in [0.15, 0.2) is 12.3 Å². The van der Waals surface area contributed by atoms with Gasteiger partial charge in [-0.25, -0.2) is 0 Å². The summed E-state index contributed by atoms with van der Waals surface area (Å²) in [6, 6.07) is 0. The van der Waals surface area contributed by atoms with Crippen LogP contribution in [0, 0.1) is 17.0 Å². The summed E-state index contributed by atoms with van der Waals surface area (Å²) in [5, 5.41) is 20.8. The molecule has 0 bridgehead atoms. The highest BCUT2D eigenvalue weighted by Gasteiger charge is 2.11. The smallest absolute Gasteiger partial charge is 0.0754 e. The third-order valence-electron chi connectivity index (χ3n) is 2.72. The summed E-state index contributed by atoms with van der Waals surface area (Å²) in [4.78, 5) is 0. The van der Waals surface area contributed by atoms with Crippen molar-refractivity contribution in [1.29, 1.82) is 0 Å². The van der Waals surface area contributed by atoms with Gasteiger partial charge in [-0.1, -0.05) is 20.8 Å². The monoisotopic (exact) mass is 200 g/mol. The second-order valence-electron chi connectivity index (χ2n) is 3.70. The van der Waals surface area contributed by atoms with Crippen LogP contribution in [0.2, 0.25) is 0 Å². The summed E-state index contributed by atoms with van der Waals surface area (Å²) in [7, 11) is 0. The van der Waals surface area contributed by atoms with Crippen molar-refractivity contribution in [3.05, 3.63) is 17.5 Å². The number of aliphatic hydroxyl groups is 1. The maximum Gasteiger partial charge on any atom is 0.0754 e. The van der Waals surface area contributed by atoms with Gasteiger partial charge in [-0.05, 0) is 43.8 Å². The molecule has 0 aromatic carbocycles. The number of hydrogen-bond donors (Lipinski definition) is 1. The van der Waals surface area contributed by atoms with Crippen LogP contribution in [0.4, 0.5) is 0 Å². The van der Waals surface area contributed by atoms with Crippen LogP contribution < -0.4 is 0 Å². The molecule has 0 saturated heterocycles. The van der Waals surface area contributed by atoms with Gasteiger partial charge in [0.1, 0.15) is 0 Å². The molecule has 1 N–H and O–H groups in total. The van der Waals surface area contributed by atoms with E-state index in [1.54, 1.807) is 0 Å². The summed E-state index contributed by atoms with van der Waals surface area (Å²) in [6.45, 7) is 7.23. The van der Waals surface area contributed by atoms with Crippen LogP contribution in [-0.2, 0) is 0 Å². The van der Waals surface area contributed by atoms with E-state index in [0.29, 0.717) is 24.9 Å². The van der Waals surface area contributed by atoms with Crippen molar-refractivity contribution < 1.29 is 5.11 Å². The molecule has 0 aromatic heterocycles. The average Bonchev–Trinajstić information content (AvgIpc) is 2.21. The second-order valence-corrected chi connectivity index (χ2v) is 3.70. The van der Waals surface area contributed by atoms with Crippen LogP contribution in [0.25, 0.3) is 0 Å². The normalized spacial score (nSPS) is 16.4. The predicted molar refractivity (Wildman–Crippen MR) is 59.9 cm³/mol. The van der Waals surface area contributed by atoms with Gasteiger partial charge in [0.05, 0.1) is 6.26 Å². The van der Waals surface area contributed by atoms with Gasteiger partial charge in [-0.15, -0.1) is 0 Å². The molecule has 3 heteroatoms. The summed E-state index contributed by atoms with van der Waals surface area (Å²) in [5.41, 5.74) is 0. The first-order valence-corrected chi connectivity index (χ1v) is 5.38. The van der Waals surface area contributed by atoms with Gasteiger partial charge in [0.25, 0.3) is 0 Å². The van der Waals surface area contributed by atoms with E-state index in [9.17, 15) is 5.21 Å². The molecular formula is C11H22NO2-. The van der Waals surface area contributed by atoms with Crippen molar-refractivity contribution in [2.24, 2.45) is 11.8 Å². The lowest BCUT2D eigenvalue weighted by atomic mass is 9.89. The van der Waals surface area contributed by atoms with E-state index < -0.39 is 0 Å². The number of allylic oxidation sites excluding steroid dienone is 1. The van der Waals surface area contributed by atoms with Crippen LogP contribution in [0.1, 0.15) is 33.6 Å². The number of rotatable bonds is 7. The molecule has 0 amide bonds. The zero-order valence-corrected chi connectivity index (χ0v) is 9.44. The van der Waals surface area contributed by atoms with Crippen molar-refractivity contribution in [2.45, 2.75) is 33.6 Å². The van der Waals surface area contributed by atoms with E-state index in [0.717, 1.165) is 24.2 Å². The predicted octanol–water partition coefficient (Wildman–Crippen LogP) is 2.93. The van der Waals surface area contributed by atoms with Crippen LogP contribution >= 0.6 is 0 Å². The van der Waals surface area contributed by atoms with Gasteiger partial charge in [0, 0.05) is 0 Å². The van der Waals surface area contributed by atoms with Crippen LogP contribution in [-0.4, -0.2) is 23.3 Å². The topological polar surface area (TPSA) is 46.5 Å². The van der Waals surface area contributed by atoms with Gasteiger partial charge >= 0.3 is 0 Å². The minimum Gasteiger partial charge on any atom is -0.785 e. The lowest BCUT2D eigenvalue weighted by Crippen LogP contribution is -2.21. The average molecular weight is 200 g/mol. The molecule has 0 aliphatic rings. The Bertz CT molecular complexity index is 159. The lowest BCUT2D eigenvalue weighted by Gasteiger charge is -2.29. The molecule has 0 heterocycles. The first kappa shape index (κ1) is 13.5. The molecule has 84 valence electrons. The van der Waals surface area contributed by atoms with Crippen molar-refractivity contribution in [3.8, 4) is 0 Å². The highest BCUT2D eigenvalue weighted by Crippen LogP contribution is 2.20. The third kappa shape index (κ3) is 5.25. The van der Waals surface area contributed by atoms with Gasteiger partial charge in [-0.3, -0.25) is 0 Å². The first-order valence-electron chi connectivity index (χ1n) is 5.38. The Kier molecular flexibility index (Phi) is 7.52. The molecule has 0 rings (SSSR count). The molecule has 3 nitrogen and oxygen atoms in total.